The highest BCUT2D eigenvalue weighted by molar-refractivity contribution is 6.08. The minimum absolute atomic E-state index is 0.605. The van der Waals surface area contributed by atoms with Crippen LogP contribution in [-0.2, 0) is 0 Å². The van der Waals surface area contributed by atoms with E-state index in [1.807, 2.05) is 49.4 Å². The molecule has 7 nitrogen and oxygen atoms in total. The summed E-state index contributed by atoms with van der Waals surface area (Å²) in [5, 5.41) is 5.99. The molecular formula is C36H27N7. The van der Waals surface area contributed by atoms with Crippen LogP contribution >= 0.6 is 0 Å². The summed E-state index contributed by atoms with van der Waals surface area (Å²) in [5.41, 5.74) is 8.65. The number of nitrogens with zero attached hydrogens (tertiary/aromatic N) is 5. The molecule has 0 aliphatic carbocycles. The summed E-state index contributed by atoms with van der Waals surface area (Å²) < 4.78 is 0. The maximum absolute atomic E-state index is 5.18. The Hall–Kier alpha value is -5.69. The van der Waals surface area contributed by atoms with Gasteiger partial charge in [-0.25, -0.2) is 19.9 Å². The first-order valence-corrected chi connectivity index (χ1v) is 14.3. The Balaban J connectivity index is 1.65. The number of nitrogens with one attached hydrogen (secondary N) is 2. The van der Waals surface area contributed by atoms with Crippen molar-refractivity contribution in [3.05, 3.63) is 114 Å². The molecule has 43 heavy (non-hydrogen) atoms. The molecule has 206 valence electrons. The van der Waals surface area contributed by atoms with Crippen molar-refractivity contribution < 1.29 is 0 Å². The van der Waals surface area contributed by atoms with Crippen molar-refractivity contribution >= 4 is 54.8 Å². The standard InChI is InChI=1S/C36H27N7/c1-20-11-10-18-28-30-19-29-23-13-5-7-15-25(23)33(39-29)42-35-27-17-9-8-16-26(27)34(43-35)41-32(37-3)24-14-6-4-12-22(24)21(2)38-36(40-30)31(20)28/h4-19H,1-3H3,(H,38,40)(H,37,39,41,42,43). The van der Waals surface area contributed by atoms with Crippen LogP contribution < -0.4 is 5.49 Å². The van der Waals surface area contributed by atoms with Gasteiger partial charge in [0.2, 0.25) is 0 Å². The third-order valence-corrected chi connectivity index (χ3v) is 8.16. The van der Waals surface area contributed by atoms with Crippen molar-refractivity contribution in [2.75, 3.05) is 7.05 Å². The molecule has 4 heterocycles. The second kappa shape index (κ2) is 9.70. The van der Waals surface area contributed by atoms with E-state index in [-0.39, 0.29) is 0 Å². The molecule has 3 aromatic heterocycles. The second-order valence-corrected chi connectivity index (χ2v) is 10.8. The van der Waals surface area contributed by atoms with Gasteiger partial charge in [-0.2, -0.15) is 0 Å². The summed E-state index contributed by atoms with van der Waals surface area (Å²) in [6.45, 7) is 4.16. The fourth-order valence-corrected chi connectivity index (χ4v) is 6.11. The Kier molecular flexibility index (Phi) is 5.65. The van der Waals surface area contributed by atoms with Gasteiger partial charge >= 0.3 is 0 Å². The Morgan fingerprint density at radius 1 is 0.558 bits per heavy atom. The minimum Gasteiger partial charge on any atom is -0.339 e. The first-order chi connectivity index (χ1) is 21.1. The Labute approximate surface area is 246 Å². The van der Waals surface area contributed by atoms with Crippen molar-refractivity contribution in [3.63, 3.8) is 0 Å². The molecular weight excluding hydrogens is 530 g/mol. The van der Waals surface area contributed by atoms with Gasteiger partial charge in [-0.05, 0) is 25.5 Å². The highest BCUT2D eigenvalue weighted by Gasteiger charge is 2.18. The van der Waals surface area contributed by atoms with Gasteiger partial charge in [-0.15, -0.1) is 0 Å². The SMILES string of the molecule is CN=c1nc2[nH]c(nc3nc(cc4[nH]c(nc(C)c5ccccc15)c1c(C)cccc41)-c1ccccc1-3)c1ccccc21. The zero-order chi connectivity index (χ0) is 29.1. The number of aryl methyl sites for hydroxylation is 2. The maximum Gasteiger partial charge on any atom is 0.162 e. The molecule has 7 aromatic rings. The lowest BCUT2D eigenvalue weighted by Crippen LogP contribution is -2.06. The quantitative estimate of drug-likeness (QED) is 0.199. The largest absolute Gasteiger partial charge is 0.339 e. The molecule has 0 unspecified atom stereocenters. The zero-order valence-corrected chi connectivity index (χ0v) is 24.0. The number of aromatic nitrogens is 6. The smallest absolute Gasteiger partial charge is 0.162 e. The second-order valence-electron chi connectivity index (χ2n) is 10.8. The molecule has 1 aliphatic rings. The molecule has 0 amide bonds. The van der Waals surface area contributed by atoms with Gasteiger partial charge in [-0.3, -0.25) is 4.99 Å². The third kappa shape index (κ3) is 4.00. The minimum atomic E-state index is 0.605. The van der Waals surface area contributed by atoms with Gasteiger partial charge in [0.05, 0.1) is 5.69 Å². The summed E-state index contributed by atoms with van der Waals surface area (Å²) in [6.07, 6.45) is 0. The van der Waals surface area contributed by atoms with E-state index in [1.54, 1.807) is 7.05 Å². The van der Waals surface area contributed by atoms with Crippen molar-refractivity contribution in [3.8, 4) is 22.6 Å². The lowest BCUT2D eigenvalue weighted by molar-refractivity contribution is 1.16. The molecule has 0 saturated carbocycles. The topological polar surface area (TPSA) is 95.5 Å². The van der Waals surface area contributed by atoms with Gasteiger partial charge in [-0.1, -0.05) is 91.0 Å². The van der Waals surface area contributed by atoms with Crippen LogP contribution in [0.4, 0.5) is 0 Å². The van der Waals surface area contributed by atoms with Crippen LogP contribution in [0.2, 0.25) is 0 Å². The van der Waals surface area contributed by atoms with E-state index in [9.17, 15) is 0 Å². The molecule has 8 rings (SSSR count). The predicted octanol–water partition coefficient (Wildman–Crippen LogP) is 7.73. The monoisotopic (exact) mass is 557 g/mol. The molecule has 1 aliphatic heterocycles. The molecule has 0 saturated heterocycles. The average Bonchev–Trinajstić information content (AvgIpc) is 3.68. The lowest BCUT2D eigenvalue weighted by atomic mass is 10.1. The van der Waals surface area contributed by atoms with Crippen molar-refractivity contribution in [2.24, 2.45) is 4.99 Å². The van der Waals surface area contributed by atoms with Crippen LogP contribution in [0.1, 0.15) is 11.3 Å². The number of rotatable bonds is 0. The molecule has 0 atom stereocenters. The Morgan fingerprint density at radius 3 is 1.98 bits per heavy atom. The Morgan fingerprint density at radius 2 is 1.21 bits per heavy atom. The van der Waals surface area contributed by atoms with Gasteiger partial charge in [0.15, 0.2) is 11.3 Å². The van der Waals surface area contributed by atoms with Gasteiger partial charge in [0.1, 0.15) is 16.9 Å². The molecule has 0 radical (unpaired) electrons. The number of benzene rings is 4. The molecule has 2 N–H and O–H groups in total. The zero-order valence-electron chi connectivity index (χ0n) is 24.0. The summed E-state index contributed by atoms with van der Waals surface area (Å²) in [6, 6.07) is 33.0. The number of aromatic amines is 2. The first-order valence-electron chi connectivity index (χ1n) is 14.3. The fraction of sp³-hybridized carbons (Fsp3) is 0.0833. The van der Waals surface area contributed by atoms with Gasteiger partial charge in [0, 0.05) is 61.7 Å². The molecule has 4 aromatic carbocycles. The summed E-state index contributed by atoms with van der Waals surface area (Å²) in [5.74, 6) is 0.653. The number of hydrogen-bond acceptors (Lipinski definition) is 5. The van der Waals surface area contributed by atoms with Crippen LogP contribution in [0.25, 0.3) is 77.4 Å². The summed E-state index contributed by atoms with van der Waals surface area (Å²) in [7, 11) is 1.77. The van der Waals surface area contributed by atoms with E-state index in [4.69, 9.17) is 19.9 Å². The Bertz CT molecular complexity index is 2500. The highest BCUT2D eigenvalue weighted by atomic mass is 15.0. The average molecular weight is 558 g/mol. The number of H-pyrrole nitrogens is 2. The van der Waals surface area contributed by atoms with E-state index >= 15 is 0 Å². The predicted molar refractivity (Wildman–Crippen MR) is 175 cm³/mol. The van der Waals surface area contributed by atoms with Crippen LogP contribution in [0.15, 0.2) is 102 Å². The normalized spacial score (nSPS) is 12.2. The first kappa shape index (κ1) is 25.1. The lowest BCUT2D eigenvalue weighted by Gasteiger charge is -1.98. The fourth-order valence-electron chi connectivity index (χ4n) is 6.11. The van der Waals surface area contributed by atoms with Crippen LogP contribution in [0.3, 0.4) is 0 Å². The van der Waals surface area contributed by atoms with E-state index < -0.39 is 0 Å². The number of fused-ring (bicyclic) bond motifs is 16. The van der Waals surface area contributed by atoms with Crippen LogP contribution in [0, 0.1) is 13.8 Å². The third-order valence-electron chi connectivity index (χ3n) is 8.16. The van der Waals surface area contributed by atoms with Crippen molar-refractivity contribution in [1.82, 2.24) is 29.9 Å². The van der Waals surface area contributed by atoms with Crippen molar-refractivity contribution in [2.45, 2.75) is 13.8 Å². The van der Waals surface area contributed by atoms with Gasteiger partial charge < -0.3 is 9.97 Å². The van der Waals surface area contributed by atoms with E-state index in [0.29, 0.717) is 22.6 Å². The molecule has 0 fully saturated rings. The molecule has 7 heteroatoms. The molecule has 0 spiro atoms. The van der Waals surface area contributed by atoms with Crippen molar-refractivity contribution in [1.29, 1.82) is 0 Å². The molecule has 6 bridgehead atoms. The summed E-state index contributed by atoms with van der Waals surface area (Å²) in [4.78, 5) is 32.1. The van der Waals surface area contributed by atoms with Crippen LogP contribution in [0.5, 0.6) is 0 Å². The van der Waals surface area contributed by atoms with E-state index in [2.05, 4.69) is 76.5 Å². The number of hydrogen-bond donors (Lipinski definition) is 2. The van der Waals surface area contributed by atoms with Gasteiger partial charge in [0.25, 0.3) is 0 Å². The summed E-state index contributed by atoms with van der Waals surface area (Å²) >= 11 is 0. The van der Waals surface area contributed by atoms with E-state index in [0.717, 1.165) is 71.6 Å². The van der Waals surface area contributed by atoms with Crippen LogP contribution in [-0.4, -0.2) is 37.0 Å². The van der Waals surface area contributed by atoms with E-state index in [1.165, 1.54) is 0 Å². The highest BCUT2D eigenvalue weighted by Crippen LogP contribution is 2.36. The maximum atomic E-state index is 5.18.